The highest BCUT2D eigenvalue weighted by molar-refractivity contribution is 14.0. The fraction of sp³-hybridized carbons (Fsp3) is 0.562. The summed E-state index contributed by atoms with van der Waals surface area (Å²) in [6, 6.07) is 4.97. The molecule has 1 rings (SSSR count). The molecule has 0 aromatic heterocycles. The maximum absolute atomic E-state index is 12.8. The van der Waals surface area contributed by atoms with Gasteiger partial charge in [0.15, 0.2) is 5.96 Å². The fourth-order valence-electron chi connectivity index (χ4n) is 2.07. The zero-order valence-corrected chi connectivity index (χ0v) is 16.9. The molecule has 0 bridgehead atoms. The van der Waals surface area contributed by atoms with Crippen molar-refractivity contribution in [3.8, 4) is 0 Å². The first-order chi connectivity index (χ1) is 11.3. The first-order valence-electron chi connectivity index (χ1n) is 7.54. The third-order valence-corrected chi connectivity index (χ3v) is 3.59. The van der Waals surface area contributed by atoms with E-state index in [1.165, 1.54) is 13.1 Å². The van der Waals surface area contributed by atoms with Crippen molar-refractivity contribution in [2.75, 3.05) is 20.1 Å². The fourth-order valence-corrected chi connectivity index (χ4v) is 2.07. The van der Waals surface area contributed by atoms with Crippen molar-refractivity contribution in [3.63, 3.8) is 0 Å². The number of benzene rings is 1. The normalized spacial score (nSPS) is 13.2. The molecule has 0 atom stereocenters. The molecular weight excluding hydrogens is 475 g/mol. The van der Waals surface area contributed by atoms with E-state index in [1.807, 2.05) is 0 Å². The lowest BCUT2D eigenvalue weighted by Crippen LogP contribution is -2.44. The molecule has 0 unspecified atom stereocenters. The minimum Gasteiger partial charge on any atom is -0.356 e. The highest BCUT2D eigenvalue weighted by Gasteiger charge is 2.32. The molecule has 0 heterocycles. The largest absolute Gasteiger partial charge is 0.416 e. The average Bonchev–Trinajstić information content (AvgIpc) is 2.49. The van der Waals surface area contributed by atoms with Gasteiger partial charge in [0.1, 0.15) is 0 Å². The molecule has 26 heavy (non-hydrogen) atoms. The molecule has 0 saturated carbocycles. The second kappa shape index (κ2) is 9.65. The molecule has 2 N–H and O–H groups in total. The van der Waals surface area contributed by atoms with Crippen molar-refractivity contribution in [1.82, 2.24) is 10.6 Å². The van der Waals surface area contributed by atoms with Crippen LogP contribution in [0.25, 0.3) is 0 Å². The van der Waals surface area contributed by atoms with Crippen molar-refractivity contribution in [1.29, 1.82) is 0 Å². The number of hydrogen-bond donors (Lipinski definition) is 2. The van der Waals surface area contributed by atoms with Gasteiger partial charge in [-0.2, -0.15) is 26.3 Å². The molecule has 150 valence electrons. The number of guanidine groups is 1. The van der Waals surface area contributed by atoms with Gasteiger partial charge in [-0.15, -0.1) is 24.0 Å². The molecule has 0 spiro atoms. The van der Waals surface area contributed by atoms with Crippen LogP contribution in [0.3, 0.4) is 0 Å². The summed E-state index contributed by atoms with van der Waals surface area (Å²) >= 11 is 0. The average molecular weight is 497 g/mol. The SMILES string of the molecule is CN=C(NCCC(F)(F)F)NCC(C)(C)c1cccc(C(F)(F)F)c1.I. The topological polar surface area (TPSA) is 36.4 Å². The van der Waals surface area contributed by atoms with Crippen LogP contribution in [-0.4, -0.2) is 32.3 Å². The molecule has 0 aliphatic heterocycles. The van der Waals surface area contributed by atoms with E-state index in [4.69, 9.17) is 0 Å². The minimum absolute atomic E-state index is 0. The van der Waals surface area contributed by atoms with Crippen molar-refractivity contribution in [2.24, 2.45) is 4.99 Å². The Morgan fingerprint density at radius 3 is 2.08 bits per heavy atom. The highest BCUT2D eigenvalue weighted by atomic mass is 127. The Kier molecular flexibility index (Phi) is 9.21. The van der Waals surface area contributed by atoms with Crippen molar-refractivity contribution < 1.29 is 26.3 Å². The third kappa shape index (κ3) is 8.45. The number of hydrogen-bond acceptors (Lipinski definition) is 1. The summed E-state index contributed by atoms with van der Waals surface area (Å²) in [5.74, 6) is 0.157. The summed E-state index contributed by atoms with van der Waals surface area (Å²) in [4.78, 5) is 3.81. The van der Waals surface area contributed by atoms with Gasteiger partial charge in [0.05, 0.1) is 12.0 Å². The van der Waals surface area contributed by atoms with Crippen LogP contribution in [0.2, 0.25) is 0 Å². The van der Waals surface area contributed by atoms with E-state index in [1.54, 1.807) is 19.9 Å². The summed E-state index contributed by atoms with van der Waals surface area (Å²) in [6.07, 6.45) is -9.72. The van der Waals surface area contributed by atoms with E-state index < -0.39 is 29.8 Å². The number of halogens is 7. The molecule has 3 nitrogen and oxygen atoms in total. The molecular formula is C16H22F6IN3. The minimum atomic E-state index is -4.44. The number of aliphatic imine (C=N–C) groups is 1. The molecule has 0 amide bonds. The van der Waals surface area contributed by atoms with Crippen LogP contribution in [0, 0.1) is 0 Å². The van der Waals surface area contributed by atoms with Gasteiger partial charge in [-0.25, -0.2) is 0 Å². The standard InChI is InChI=1S/C16H21F6N3.HI/c1-14(2,11-5-4-6-12(9-11)16(20,21)22)10-25-13(23-3)24-8-7-15(17,18)19;/h4-6,9H,7-8,10H2,1-3H3,(H2,23,24,25);1H. The van der Waals surface area contributed by atoms with Gasteiger partial charge in [0.2, 0.25) is 0 Å². The van der Waals surface area contributed by atoms with Crippen LogP contribution in [0.1, 0.15) is 31.4 Å². The van der Waals surface area contributed by atoms with E-state index in [0.717, 1.165) is 12.1 Å². The van der Waals surface area contributed by atoms with E-state index in [0.29, 0.717) is 5.56 Å². The van der Waals surface area contributed by atoms with Gasteiger partial charge < -0.3 is 10.6 Å². The lowest BCUT2D eigenvalue weighted by atomic mass is 9.84. The highest BCUT2D eigenvalue weighted by Crippen LogP contribution is 2.32. The third-order valence-electron chi connectivity index (χ3n) is 3.59. The first kappa shape index (κ1) is 24.8. The van der Waals surface area contributed by atoms with Crippen LogP contribution in [0.15, 0.2) is 29.3 Å². The number of rotatable bonds is 5. The predicted octanol–water partition coefficient (Wildman–Crippen LogP) is 4.72. The smallest absolute Gasteiger partial charge is 0.356 e. The van der Waals surface area contributed by atoms with E-state index in [-0.39, 0.29) is 43.0 Å². The maximum atomic E-state index is 12.8. The Morgan fingerprint density at radius 2 is 1.58 bits per heavy atom. The van der Waals surface area contributed by atoms with Crippen LogP contribution in [0.4, 0.5) is 26.3 Å². The Labute approximate surface area is 165 Å². The molecule has 0 fully saturated rings. The van der Waals surface area contributed by atoms with Gasteiger partial charge in [0.25, 0.3) is 0 Å². The summed E-state index contributed by atoms with van der Waals surface area (Å²) in [5, 5.41) is 5.37. The Bertz CT molecular complexity index is 596. The van der Waals surface area contributed by atoms with Gasteiger partial charge in [-0.3, -0.25) is 4.99 Å². The van der Waals surface area contributed by atoms with Crippen LogP contribution >= 0.6 is 24.0 Å². The summed E-state index contributed by atoms with van der Waals surface area (Å²) in [6.45, 7) is 3.32. The van der Waals surface area contributed by atoms with Gasteiger partial charge in [-0.05, 0) is 11.6 Å². The van der Waals surface area contributed by atoms with Gasteiger partial charge >= 0.3 is 12.4 Å². The molecule has 1 aromatic rings. The number of nitrogens with one attached hydrogen (secondary N) is 2. The number of alkyl halides is 6. The molecule has 10 heteroatoms. The van der Waals surface area contributed by atoms with E-state index in [2.05, 4.69) is 15.6 Å². The van der Waals surface area contributed by atoms with Crippen molar-refractivity contribution in [3.05, 3.63) is 35.4 Å². The van der Waals surface area contributed by atoms with Crippen molar-refractivity contribution in [2.45, 2.75) is 38.0 Å². The molecule has 0 aliphatic carbocycles. The van der Waals surface area contributed by atoms with E-state index in [9.17, 15) is 26.3 Å². The van der Waals surface area contributed by atoms with Gasteiger partial charge in [-0.1, -0.05) is 32.0 Å². The lowest BCUT2D eigenvalue weighted by Gasteiger charge is -2.27. The van der Waals surface area contributed by atoms with Crippen LogP contribution in [-0.2, 0) is 11.6 Å². The second-order valence-electron chi connectivity index (χ2n) is 6.18. The van der Waals surface area contributed by atoms with Gasteiger partial charge in [0, 0.05) is 25.6 Å². The lowest BCUT2D eigenvalue weighted by molar-refractivity contribution is -0.137. The summed E-state index contributed by atoms with van der Waals surface area (Å²) in [5.41, 5.74) is -0.977. The maximum Gasteiger partial charge on any atom is 0.416 e. The Hall–Kier alpha value is -1.20. The zero-order valence-electron chi connectivity index (χ0n) is 14.6. The molecule has 0 aliphatic rings. The summed E-state index contributed by atoms with van der Waals surface area (Å²) in [7, 11) is 1.40. The Balaban J connectivity index is 0.00000625. The molecule has 0 radical (unpaired) electrons. The molecule has 0 saturated heterocycles. The van der Waals surface area contributed by atoms with E-state index >= 15 is 0 Å². The number of nitrogens with zero attached hydrogens (tertiary/aromatic N) is 1. The monoisotopic (exact) mass is 497 g/mol. The molecule has 1 aromatic carbocycles. The second-order valence-corrected chi connectivity index (χ2v) is 6.18. The van der Waals surface area contributed by atoms with Crippen LogP contribution < -0.4 is 10.6 Å². The predicted molar refractivity (Wildman–Crippen MR) is 99.9 cm³/mol. The summed E-state index contributed by atoms with van der Waals surface area (Å²) < 4.78 is 74.9. The first-order valence-corrected chi connectivity index (χ1v) is 7.54. The quantitative estimate of drug-likeness (QED) is 0.268. The zero-order chi connectivity index (χ0) is 19.3. The van der Waals surface area contributed by atoms with Crippen LogP contribution in [0.5, 0.6) is 0 Å². The van der Waals surface area contributed by atoms with Crippen molar-refractivity contribution >= 4 is 29.9 Å². The Morgan fingerprint density at radius 1 is 1.00 bits per heavy atom.